The zero-order valence-corrected chi connectivity index (χ0v) is 14.7. The van der Waals surface area contributed by atoms with Gasteiger partial charge in [-0.15, -0.1) is 0 Å². The molecular weight excluding hydrogens is 355 g/mol. The average Bonchev–Trinajstić information content (AvgIpc) is 2.52. The van der Waals surface area contributed by atoms with Crippen LogP contribution >= 0.6 is 11.6 Å². The predicted molar refractivity (Wildman–Crippen MR) is 92.3 cm³/mol. The first-order valence-corrected chi connectivity index (χ1v) is 9.17. The maximum atomic E-state index is 12.8. The summed E-state index contributed by atoms with van der Waals surface area (Å²) in [5.41, 5.74) is 1.33. The smallest absolute Gasteiger partial charge is 0.253 e. The van der Waals surface area contributed by atoms with E-state index in [1.54, 1.807) is 12.1 Å². The predicted octanol–water partition coefficient (Wildman–Crippen LogP) is 2.80. The Balaban J connectivity index is 2.11. The number of carbonyl (C=O) groups excluding carboxylic acids is 1. The van der Waals surface area contributed by atoms with Gasteiger partial charge in [-0.3, -0.25) is 9.10 Å². The molecule has 0 aliphatic carbocycles. The third kappa shape index (κ3) is 4.46. The molecular formula is C16H16ClFN2O3S. The molecule has 0 heterocycles. The van der Waals surface area contributed by atoms with E-state index in [-0.39, 0.29) is 22.9 Å². The first-order chi connectivity index (χ1) is 11.2. The van der Waals surface area contributed by atoms with Crippen LogP contribution in [-0.2, 0) is 16.6 Å². The van der Waals surface area contributed by atoms with Gasteiger partial charge in [-0.2, -0.15) is 0 Å². The summed E-state index contributed by atoms with van der Waals surface area (Å²) >= 11 is 6.09. The number of carbonyl (C=O) groups is 1. The van der Waals surface area contributed by atoms with E-state index in [1.165, 1.54) is 37.4 Å². The largest absolute Gasteiger partial charge is 0.348 e. The summed E-state index contributed by atoms with van der Waals surface area (Å²) < 4.78 is 37.0. The molecule has 5 nitrogen and oxygen atoms in total. The fourth-order valence-corrected chi connectivity index (χ4v) is 2.71. The van der Waals surface area contributed by atoms with Crippen LogP contribution < -0.4 is 9.62 Å². The topological polar surface area (TPSA) is 66.5 Å². The SMILES string of the molecule is CN(c1ccc(C(=O)NCc2ccc(F)cc2)c(Cl)c1)S(C)(=O)=O. The van der Waals surface area contributed by atoms with Crippen molar-refractivity contribution in [2.45, 2.75) is 6.54 Å². The van der Waals surface area contributed by atoms with Crippen molar-refractivity contribution < 1.29 is 17.6 Å². The van der Waals surface area contributed by atoms with Gasteiger partial charge in [0.1, 0.15) is 5.82 Å². The number of benzene rings is 2. The number of nitrogens with one attached hydrogen (secondary N) is 1. The van der Waals surface area contributed by atoms with Crippen molar-refractivity contribution in [2.24, 2.45) is 0 Å². The van der Waals surface area contributed by atoms with Gasteiger partial charge < -0.3 is 5.32 Å². The minimum Gasteiger partial charge on any atom is -0.348 e. The maximum absolute atomic E-state index is 12.8. The van der Waals surface area contributed by atoms with E-state index in [1.807, 2.05) is 0 Å². The zero-order chi connectivity index (χ0) is 17.9. The second-order valence-electron chi connectivity index (χ2n) is 5.20. The third-order valence-corrected chi connectivity index (χ3v) is 4.94. The molecule has 0 radical (unpaired) electrons. The molecule has 0 aliphatic rings. The Labute approximate surface area is 145 Å². The molecule has 2 aromatic carbocycles. The van der Waals surface area contributed by atoms with Gasteiger partial charge in [-0.25, -0.2) is 12.8 Å². The van der Waals surface area contributed by atoms with Crippen LogP contribution in [0.15, 0.2) is 42.5 Å². The minimum absolute atomic E-state index is 0.139. The third-order valence-electron chi connectivity index (χ3n) is 3.42. The van der Waals surface area contributed by atoms with Gasteiger partial charge in [0.05, 0.1) is 22.5 Å². The molecule has 0 aromatic heterocycles. The highest BCUT2D eigenvalue weighted by molar-refractivity contribution is 7.92. The number of sulfonamides is 1. The second kappa shape index (κ2) is 7.19. The maximum Gasteiger partial charge on any atom is 0.253 e. The molecule has 2 rings (SSSR count). The fourth-order valence-electron chi connectivity index (χ4n) is 1.96. The van der Waals surface area contributed by atoms with E-state index in [2.05, 4.69) is 5.32 Å². The van der Waals surface area contributed by atoms with Crippen molar-refractivity contribution in [3.63, 3.8) is 0 Å². The lowest BCUT2D eigenvalue weighted by Gasteiger charge is -2.17. The summed E-state index contributed by atoms with van der Waals surface area (Å²) in [5, 5.41) is 2.82. The number of hydrogen-bond donors (Lipinski definition) is 1. The van der Waals surface area contributed by atoms with Gasteiger partial charge in [0, 0.05) is 13.6 Å². The van der Waals surface area contributed by atoms with Gasteiger partial charge in [0.2, 0.25) is 10.0 Å². The Morgan fingerprint density at radius 2 is 1.83 bits per heavy atom. The Bertz CT molecular complexity index is 854. The molecule has 0 aliphatic heterocycles. The number of hydrogen-bond acceptors (Lipinski definition) is 3. The van der Waals surface area contributed by atoms with Gasteiger partial charge >= 0.3 is 0 Å². The Kier molecular flexibility index (Phi) is 5.46. The second-order valence-corrected chi connectivity index (χ2v) is 7.62. The molecule has 0 saturated heterocycles. The Morgan fingerprint density at radius 1 is 1.21 bits per heavy atom. The van der Waals surface area contributed by atoms with E-state index in [0.717, 1.165) is 16.1 Å². The standard InChI is InChI=1S/C16H16ClFN2O3S/c1-20(24(2,22)23)13-7-8-14(15(17)9-13)16(21)19-10-11-3-5-12(18)6-4-11/h3-9H,10H2,1-2H3,(H,19,21). The van der Waals surface area contributed by atoms with E-state index in [9.17, 15) is 17.6 Å². The Morgan fingerprint density at radius 3 is 2.38 bits per heavy atom. The minimum atomic E-state index is -3.41. The lowest BCUT2D eigenvalue weighted by Crippen LogP contribution is -2.26. The van der Waals surface area contributed by atoms with Crippen molar-refractivity contribution in [3.8, 4) is 0 Å². The number of anilines is 1. The van der Waals surface area contributed by atoms with Crippen molar-refractivity contribution in [2.75, 3.05) is 17.6 Å². The highest BCUT2D eigenvalue weighted by atomic mass is 35.5. The fraction of sp³-hybridized carbons (Fsp3) is 0.188. The zero-order valence-electron chi connectivity index (χ0n) is 13.1. The van der Waals surface area contributed by atoms with E-state index < -0.39 is 15.9 Å². The van der Waals surface area contributed by atoms with Gasteiger partial charge in [0.15, 0.2) is 0 Å². The molecule has 24 heavy (non-hydrogen) atoms. The summed E-state index contributed by atoms with van der Waals surface area (Å²) in [4.78, 5) is 12.2. The molecule has 0 bridgehead atoms. The molecule has 0 spiro atoms. The van der Waals surface area contributed by atoms with Crippen LogP contribution in [-0.4, -0.2) is 27.6 Å². The Hall–Kier alpha value is -2.12. The van der Waals surface area contributed by atoms with Crippen LogP contribution in [0.2, 0.25) is 5.02 Å². The van der Waals surface area contributed by atoms with Crippen LogP contribution in [0.3, 0.4) is 0 Å². The molecule has 0 atom stereocenters. The van der Waals surface area contributed by atoms with E-state index in [4.69, 9.17) is 11.6 Å². The lowest BCUT2D eigenvalue weighted by atomic mass is 10.1. The van der Waals surface area contributed by atoms with Crippen LogP contribution in [0.5, 0.6) is 0 Å². The summed E-state index contributed by atoms with van der Waals surface area (Å²) in [6, 6.07) is 10.1. The first-order valence-electron chi connectivity index (χ1n) is 6.94. The van der Waals surface area contributed by atoms with Crippen molar-refractivity contribution in [1.29, 1.82) is 0 Å². The normalized spacial score (nSPS) is 11.2. The highest BCUT2D eigenvalue weighted by Gasteiger charge is 2.16. The van der Waals surface area contributed by atoms with Gasteiger partial charge in [-0.05, 0) is 35.9 Å². The van der Waals surface area contributed by atoms with E-state index >= 15 is 0 Å². The molecule has 2 aromatic rings. The summed E-state index contributed by atoms with van der Waals surface area (Å²) in [7, 11) is -2.01. The number of amides is 1. The molecule has 8 heteroatoms. The number of halogens is 2. The van der Waals surface area contributed by atoms with Crippen LogP contribution in [0.25, 0.3) is 0 Å². The average molecular weight is 371 g/mol. The van der Waals surface area contributed by atoms with Crippen LogP contribution in [0, 0.1) is 5.82 Å². The lowest BCUT2D eigenvalue weighted by molar-refractivity contribution is 0.0951. The van der Waals surface area contributed by atoms with Gasteiger partial charge in [0.25, 0.3) is 5.91 Å². The molecule has 0 fully saturated rings. The first kappa shape index (κ1) is 18.2. The molecule has 128 valence electrons. The highest BCUT2D eigenvalue weighted by Crippen LogP contribution is 2.24. The summed E-state index contributed by atoms with van der Waals surface area (Å²) in [6.45, 7) is 0.223. The van der Waals surface area contributed by atoms with Crippen molar-refractivity contribution >= 4 is 33.2 Å². The number of nitrogens with zero attached hydrogens (tertiary/aromatic N) is 1. The molecule has 0 unspecified atom stereocenters. The van der Waals surface area contributed by atoms with E-state index in [0.29, 0.717) is 5.69 Å². The molecule has 1 N–H and O–H groups in total. The van der Waals surface area contributed by atoms with Crippen molar-refractivity contribution in [1.82, 2.24) is 5.32 Å². The van der Waals surface area contributed by atoms with Gasteiger partial charge in [-0.1, -0.05) is 23.7 Å². The monoisotopic (exact) mass is 370 g/mol. The number of rotatable bonds is 5. The summed E-state index contributed by atoms with van der Waals surface area (Å²) in [6.07, 6.45) is 1.07. The van der Waals surface area contributed by atoms with Crippen molar-refractivity contribution in [3.05, 3.63) is 64.4 Å². The molecule has 0 saturated carbocycles. The summed E-state index contributed by atoms with van der Waals surface area (Å²) in [5.74, 6) is -0.753. The van der Waals surface area contributed by atoms with Crippen LogP contribution in [0.1, 0.15) is 15.9 Å². The molecule has 1 amide bonds. The quantitative estimate of drug-likeness (QED) is 0.880. The van der Waals surface area contributed by atoms with Crippen LogP contribution in [0.4, 0.5) is 10.1 Å².